The lowest BCUT2D eigenvalue weighted by molar-refractivity contribution is -0.122. The Morgan fingerprint density at radius 3 is 2.35 bits per heavy atom. The van der Waals surface area contributed by atoms with Gasteiger partial charge in [-0.25, -0.2) is 14.5 Å². The van der Waals surface area contributed by atoms with E-state index in [9.17, 15) is 19.2 Å². The molecule has 0 atom stereocenters. The molecule has 2 N–H and O–H groups in total. The molecule has 0 aromatic heterocycles. The van der Waals surface area contributed by atoms with Crippen LogP contribution in [-0.4, -0.2) is 43.1 Å². The molecule has 3 aromatic rings. The Kier molecular flexibility index (Phi) is 7.19. The van der Waals surface area contributed by atoms with Gasteiger partial charge in [-0.05, 0) is 42.0 Å². The maximum Gasteiger partial charge on any atom is 0.336 e. The molecule has 188 valence electrons. The van der Waals surface area contributed by atoms with Crippen LogP contribution in [0.3, 0.4) is 0 Å². The number of nitrogens with zero attached hydrogens (tertiary/aromatic N) is 1. The second kappa shape index (κ2) is 10.6. The SMILES string of the molecule is COc1ccc(N2C(=O)NC(=O)/C(=C\c3ccccc3OCc3ccc(C(=O)O)cc3)C2=O)c(OC)c1. The number of aromatic carboxylic acids is 1. The van der Waals surface area contributed by atoms with Crippen molar-refractivity contribution in [1.82, 2.24) is 5.32 Å². The Labute approximate surface area is 211 Å². The second-order valence-electron chi connectivity index (χ2n) is 7.82. The minimum atomic E-state index is -1.03. The van der Waals surface area contributed by atoms with E-state index >= 15 is 0 Å². The minimum Gasteiger partial charge on any atom is -0.497 e. The predicted octanol–water partition coefficient (Wildman–Crippen LogP) is 3.65. The van der Waals surface area contributed by atoms with Crippen molar-refractivity contribution in [3.8, 4) is 17.2 Å². The molecule has 0 unspecified atom stereocenters. The third-order valence-electron chi connectivity index (χ3n) is 5.54. The zero-order valence-corrected chi connectivity index (χ0v) is 19.9. The summed E-state index contributed by atoms with van der Waals surface area (Å²) in [5.74, 6) is -1.67. The van der Waals surface area contributed by atoms with E-state index in [1.54, 1.807) is 42.5 Å². The van der Waals surface area contributed by atoms with Gasteiger partial charge in [0.05, 0.1) is 25.5 Å². The van der Waals surface area contributed by atoms with Crippen molar-refractivity contribution in [2.45, 2.75) is 6.61 Å². The van der Waals surface area contributed by atoms with Gasteiger partial charge in [0.2, 0.25) is 0 Å². The average molecular weight is 502 g/mol. The molecule has 0 bridgehead atoms. The largest absolute Gasteiger partial charge is 0.497 e. The first-order chi connectivity index (χ1) is 17.8. The molecule has 0 aliphatic carbocycles. The molecule has 10 heteroatoms. The van der Waals surface area contributed by atoms with Crippen LogP contribution in [0.15, 0.2) is 72.3 Å². The zero-order chi connectivity index (χ0) is 26.5. The first kappa shape index (κ1) is 25.0. The number of methoxy groups -OCH3 is 2. The molecular weight excluding hydrogens is 480 g/mol. The lowest BCUT2D eigenvalue weighted by atomic mass is 10.1. The summed E-state index contributed by atoms with van der Waals surface area (Å²) in [5, 5.41) is 11.2. The number of benzene rings is 3. The average Bonchev–Trinajstić information content (AvgIpc) is 2.90. The summed E-state index contributed by atoms with van der Waals surface area (Å²) in [6.45, 7) is 0.119. The number of barbiturate groups is 1. The zero-order valence-electron chi connectivity index (χ0n) is 19.9. The molecule has 1 fully saturated rings. The van der Waals surface area contributed by atoms with Crippen LogP contribution in [0.5, 0.6) is 17.2 Å². The molecule has 3 aromatic carbocycles. The molecule has 4 amide bonds. The van der Waals surface area contributed by atoms with Gasteiger partial charge in [-0.1, -0.05) is 30.3 Å². The number of urea groups is 1. The van der Waals surface area contributed by atoms with E-state index in [0.29, 0.717) is 17.1 Å². The van der Waals surface area contributed by atoms with Crippen LogP contribution < -0.4 is 24.4 Å². The van der Waals surface area contributed by atoms with Crippen LogP contribution in [0, 0.1) is 0 Å². The van der Waals surface area contributed by atoms with Gasteiger partial charge in [-0.3, -0.25) is 14.9 Å². The van der Waals surface area contributed by atoms with Crippen molar-refractivity contribution in [2.24, 2.45) is 0 Å². The number of imide groups is 2. The van der Waals surface area contributed by atoms with Crippen LogP contribution in [0.4, 0.5) is 10.5 Å². The van der Waals surface area contributed by atoms with Gasteiger partial charge in [0, 0.05) is 11.6 Å². The minimum absolute atomic E-state index is 0.119. The van der Waals surface area contributed by atoms with Gasteiger partial charge in [-0.15, -0.1) is 0 Å². The third kappa shape index (κ3) is 5.27. The van der Waals surface area contributed by atoms with Crippen LogP contribution in [0.25, 0.3) is 6.08 Å². The van der Waals surface area contributed by atoms with Crippen LogP contribution >= 0.6 is 0 Å². The fourth-order valence-electron chi connectivity index (χ4n) is 3.64. The summed E-state index contributed by atoms with van der Waals surface area (Å²) in [6.07, 6.45) is 1.34. The highest BCUT2D eigenvalue weighted by Crippen LogP contribution is 2.34. The number of anilines is 1. The van der Waals surface area contributed by atoms with Crippen molar-refractivity contribution in [3.63, 3.8) is 0 Å². The number of carboxylic acid groups (broad SMARTS) is 1. The van der Waals surface area contributed by atoms with Gasteiger partial charge in [-0.2, -0.15) is 0 Å². The predicted molar refractivity (Wildman–Crippen MR) is 133 cm³/mol. The van der Waals surface area contributed by atoms with Crippen molar-refractivity contribution in [1.29, 1.82) is 0 Å². The standard InChI is InChI=1S/C27H22N2O8/c1-35-19-11-12-21(23(14-19)36-2)29-25(31)20(24(30)28-27(29)34)13-18-5-3-4-6-22(18)37-15-16-7-9-17(10-8-16)26(32)33/h3-14H,15H2,1-2H3,(H,32,33)(H,28,30,34)/b20-13+. The number of carbonyl (C=O) groups is 4. The first-order valence-electron chi connectivity index (χ1n) is 11.0. The fourth-order valence-corrected chi connectivity index (χ4v) is 3.64. The Bertz CT molecular complexity index is 1410. The molecule has 0 radical (unpaired) electrons. The number of para-hydroxylation sites is 1. The highest BCUT2D eigenvalue weighted by Gasteiger charge is 2.38. The number of rotatable bonds is 8. The monoisotopic (exact) mass is 502 g/mol. The first-order valence-corrected chi connectivity index (χ1v) is 11.0. The number of carbonyl (C=O) groups excluding carboxylic acids is 3. The molecule has 1 aliphatic rings. The number of hydrogen-bond donors (Lipinski definition) is 2. The van der Waals surface area contributed by atoms with Crippen molar-refractivity contribution >= 4 is 35.6 Å². The van der Waals surface area contributed by atoms with Crippen molar-refractivity contribution in [2.75, 3.05) is 19.1 Å². The van der Waals surface area contributed by atoms with Gasteiger partial charge >= 0.3 is 12.0 Å². The number of hydrogen-bond acceptors (Lipinski definition) is 7. The van der Waals surface area contributed by atoms with E-state index in [2.05, 4.69) is 5.32 Å². The van der Waals surface area contributed by atoms with Crippen molar-refractivity contribution in [3.05, 3.63) is 89.0 Å². The molecule has 4 rings (SSSR count). The second-order valence-corrected chi connectivity index (χ2v) is 7.82. The van der Waals surface area contributed by atoms with E-state index in [1.165, 1.54) is 44.6 Å². The summed E-state index contributed by atoms with van der Waals surface area (Å²) in [4.78, 5) is 50.5. The normalized spacial score (nSPS) is 14.4. The lowest BCUT2D eigenvalue weighted by Gasteiger charge is -2.27. The quantitative estimate of drug-likeness (QED) is 0.353. The van der Waals surface area contributed by atoms with Gasteiger partial charge in [0.1, 0.15) is 29.4 Å². The summed E-state index contributed by atoms with van der Waals surface area (Å²) in [5.41, 5.74) is 1.17. The maximum absolute atomic E-state index is 13.4. The van der Waals surface area contributed by atoms with E-state index in [-0.39, 0.29) is 29.2 Å². The van der Waals surface area contributed by atoms with Gasteiger partial charge < -0.3 is 19.3 Å². The molecule has 1 heterocycles. The number of amides is 4. The number of ether oxygens (including phenoxy) is 3. The van der Waals surface area contributed by atoms with E-state index in [4.69, 9.17) is 19.3 Å². The molecule has 1 saturated heterocycles. The van der Waals surface area contributed by atoms with Gasteiger partial charge in [0.15, 0.2) is 0 Å². The Morgan fingerprint density at radius 2 is 1.68 bits per heavy atom. The van der Waals surface area contributed by atoms with Crippen molar-refractivity contribution < 1.29 is 38.5 Å². The van der Waals surface area contributed by atoms with E-state index in [1.807, 2.05) is 0 Å². The fraction of sp³-hybridized carbons (Fsp3) is 0.111. The summed E-state index contributed by atoms with van der Waals surface area (Å²) < 4.78 is 16.4. The highest BCUT2D eigenvalue weighted by atomic mass is 16.5. The molecule has 37 heavy (non-hydrogen) atoms. The smallest absolute Gasteiger partial charge is 0.336 e. The Hall–Kier alpha value is -5.12. The summed E-state index contributed by atoms with van der Waals surface area (Å²) >= 11 is 0. The summed E-state index contributed by atoms with van der Waals surface area (Å²) in [7, 11) is 2.85. The highest BCUT2D eigenvalue weighted by molar-refractivity contribution is 6.39. The molecule has 0 saturated carbocycles. The number of carboxylic acids is 1. The van der Waals surface area contributed by atoms with Gasteiger partial charge in [0.25, 0.3) is 11.8 Å². The topological polar surface area (TPSA) is 131 Å². The van der Waals surface area contributed by atoms with Crippen LogP contribution in [0.1, 0.15) is 21.5 Å². The third-order valence-corrected chi connectivity index (χ3v) is 5.54. The summed E-state index contributed by atoms with van der Waals surface area (Å²) in [6, 6.07) is 16.6. The molecule has 1 aliphatic heterocycles. The Balaban J connectivity index is 1.63. The molecule has 10 nitrogen and oxygen atoms in total. The van der Waals surface area contributed by atoms with E-state index < -0.39 is 23.8 Å². The lowest BCUT2D eigenvalue weighted by Crippen LogP contribution is -2.54. The maximum atomic E-state index is 13.4. The molecular formula is C27H22N2O8. The number of nitrogens with one attached hydrogen (secondary N) is 1. The Morgan fingerprint density at radius 1 is 0.946 bits per heavy atom. The van der Waals surface area contributed by atoms with E-state index in [0.717, 1.165) is 10.5 Å². The van der Waals surface area contributed by atoms with Crippen LogP contribution in [0.2, 0.25) is 0 Å². The molecule has 0 spiro atoms. The van der Waals surface area contributed by atoms with Crippen LogP contribution in [-0.2, 0) is 16.2 Å².